The molecule has 4 aliphatic rings. The van der Waals surface area contributed by atoms with E-state index in [9.17, 15) is 31.2 Å². The highest BCUT2D eigenvalue weighted by molar-refractivity contribution is 7.85. The van der Waals surface area contributed by atoms with Crippen molar-refractivity contribution in [2.75, 3.05) is 5.75 Å². The summed E-state index contributed by atoms with van der Waals surface area (Å²) >= 11 is 0. The van der Waals surface area contributed by atoms with Gasteiger partial charge >= 0.3 is 12.1 Å². The number of hydrogen-bond donors (Lipinski definition) is 1. The molecule has 4 saturated carbocycles. The third-order valence-corrected chi connectivity index (χ3v) is 6.13. The second-order valence-electron chi connectivity index (χ2n) is 7.21. The minimum atomic E-state index is -5.11. The van der Waals surface area contributed by atoms with Crippen molar-refractivity contribution in [3.63, 3.8) is 0 Å². The number of carbonyl (C=O) groups excluding carboxylic acids is 2. The summed E-state index contributed by atoms with van der Waals surface area (Å²) in [6, 6.07) is 0. The molecule has 136 valence electrons. The van der Waals surface area contributed by atoms with E-state index in [-0.39, 0.29) is 36.4 Å². The highest BCUT2D eigenvalue weighted by atomic mass is 32.2. The molecule has 6 nitrogen and oxygen atoms in total. The Kier molecular flexibility index (Phi) is 3.99. The smallest absolute Gasteiger partial charge is 0.426 e. The molecule has 0 aromatic carbocycles. The summed E-state index contributed by atoms with van der Waals surface area (Å²) in [5, 5.41) is 0. The van der Waals surface area contributed by atoms with E-state index in [1.165, 1.54) is 0 Å². The predicted molar refractivity (Wildman–Crippen MR) is 73.3 cm³/mol. The molecule has 3 unspecified atom stereocenters. The lowest BCUT2D eigenvalue weighted by Crippen LogP contribution is -2.56. The fraction of sp³-hybridized carbons (Fsp3) is 0.857. The van der Waals surface area contributed by atoms with E-state index in [1.807, 2.05) is 0 Å². The Morgan fingerprint density at radius 1 is 1.25 bits per heavy atom. The van der Waals surface area contributed by atoms with Gasteiger partial charge in [0.2, 0.25) is 6.10 Å². The van der Waals surface area contributed by atoms with Crippen LogP contribution in [0.5, 0.6) is 0 Å². The first kappa shape index (κ1) is 17.7. The zero-order valence-corrected chi connectivity index (χ0v) is 13.4. The quantitative estimate of drug-likeness (QED) is 0.598. The molecule has 0 saturated heterocycles. The molecule has 0 amide bonds. The van der Waals surface area contributed by atoms with Crippen LogP contribution >= 0.6 is 0 Å². The van der Waals surface area contributed by atoms with E-state index < -0.39 is 39.5 Å². The average molecular weight is 370 g/mol. The number of rotatable bonds is 4. The standard InChI is InChI=1S/C14H17F3O6S/c15-14(16,17)10(6-24(20,21)22)23-12(19)13-3-7-1-8(4-13)11(18)9(2-7)5-13/h7-10H,1-6H2,(H,20,21,22). The fourth-order valence-electron chi connectivity index (χ4n) is 4.64. The van der Waals surface area contributed by atoms with Crippen molar-refractivity contribution >= 4 is 21.9 Å². The highest BCUT2D eigenvalue weighted by Gasteiger charge is 2.60. The molecule has 4 bridgehead atoms. The van der Waals surface area contributed by atoms with Crippen molar-refractivity contribution in [1.29, 1.82) is 0 Å². The van der Waals surface area contributed by atoms with Gasteiger partial charge in [0.25, 0.3) is 10.1 Å². The maximum atomic E-state index is 12.9. The molecule has 24 heavy (non-hydrogen) atoms. The molecule has 1 N–H and O–H groups in total. The molecule has 0 spiro atoms. The highest BCUT2D eigenvalue weighted by Crippen LogP contribution is 2.59. The Hall–Kier alpha value is -1.16. The van der Waals surface area contributed by atoms with Gasteiger partial charge in [0.05, 0.1) is 5.41 Å². The third-order valence-electron chi connectivity index (χ3n) is 5.40. The minimum absolute atomic E-state index is 0.0692. The topological polar surface area (TPSA) is 97.7 Å². The Bertz CT molecular complexity index is 652. The van der Waals surface area contributed by atoms with Gasteiger partial charge in [-0.15, -0.1) is 0 Å². The summed E-state index contributed by atoms with van der Waals surface area (Å²) in [5.74, 6) is -3.31. The average Bonchev–Trinajstić information content (AvgIpc) is 2.40. The number of Topliss-reactive ketones (excluding diaryl/α,β-unsaturated/α-hetero) is 1. The first-order chi connectivity index (χ1) is 10.9. The lowest BCUT2D eigenvalue weighted by Gasteiger charge is -2.54. The SMILES string of the molecule is O=C1C2CC3CC1CC(C(=O)OC(CS(=O)(=O)O)C(F)(F)F)(C3)C2. The summed E-state index contributed by atoms with van der Waals surface area (Å²) in [4.78, 5) is 24.5. The Morgan fingerprint density at radius 3 is 2.25 bits per heavy atom. The van der Waals surface area contributed by atoms with E-state index in [0.29, 0.717) is 19.3 Å². The number of halogens is 3. The van der Waals surface area contributed by atoms with E-state index in [2.05, 4.69) is 4.74 Å². The van der Waals surface area contributed by atoms with Gasteiger partial charge in [-0.3, -0.25) is 14.1 Å². The minimum Gasteiger partial charge on any atom is -0.451 e. The number of esters is 1. The van der Waals surface area contributed by atoms with Crippen molar-refractivity contribution < 1.29 is 40.5 Å². The molecule has 3 atom stereocenters. The molecule has 0 aliphatic heterocycles. The summed E-state index contributed by atoms with van der Waals surface area (Å²) < 4.78 is 73.5. The van der Waals surface area contributed by atoms with Crippen molar-refractivity contribution in [3.05, 3.63) is 0 Å². The van der Waals surface area contributed by atoms with Crippen molar-refractivity contribution in [2.45, 2.75) is 44.4 Å². The molecule has 0 aromatic heterocycles. The van der Waals surface area contributed by atoms with Crippen LogP contribution in [0, 0.1) is 23.2 Å². The van der Waals surface area contributed by atoms with Gasteiger partial charge in [-0.25, -0.2) is 0 Å². The largest absolute Gasteiger partial charge is 0.451 e. The van der Waals surface area contributed by atoms with Crippen LogP contribution in [-0.2, 0) is 24.4 Å². The zero-order chi connectivity index (χ0) is 17.9. The molecule has 0 radical (unpaired) electrons. The monoisotopic (exact) mass is 370 g/mol. The van der Waals surface area contributed by atoms with Crippen LogP contribution in [0.3, 0.4) is 0 Å². The predicted octanol–water partition coefficient (Wildman–Crippen LogP) is 1.74. The van der Waals surface area contributed by atoms with Gasteiger partial charge in [-0.2, -0.15) is 21.6 Å². The van der Waals surface area contributed by atoms with Crippen LogP contribution < -0.4 is 0 Å². The first-order valence-electron chi connectivity index (χ1n) is 7.66. The normalized spacial score (nSPS) is 36.7. The van der Waals surface area contributed by atoms with Gasteiger partial charge < -0.3 is 4.74 Å². The van der Waals surface area contributed by atoms with Crippen LogP contribution in [0.25, 0.3) is 0 Å². The third kappa shape index (κ3) is 3.17. The number of carbonyl (C=O) groups is 2. The van der Waals surface area contributed by atoms with E-state index in [0.717, 1.165) is 0 Å². The molecule has 0 heterocycles. The molecule has 10 heteroatoms. The van der Waals surface area contributed by atoms with Gasteiger partial charge in [-0.1, -0.05) is 0 Å². The fourth-order valence-corrected chi connectivity index (χ4v) is 5.28. The molecule has 4 aliphatic carbocycles. The van der Waals surface area contributed by atoms with E-state index in [1.54, 1.807) is 0 Å². The second-order valence-corrected chi connectivity index (χ2v) is 8.71. The lowest BCUT2D eigenvalue weighted by atomic mass is 9.49. The van der Waals surface area contributed by atoms with Crippen LogP contribution in [0.15, 0.2) is 0 Å². The Balaban J connectivity index is 1.80. The Labute approximate surface area is 136 Å². The summed E-state index contributed by atoms with van der Waals surface area (Å²) in [6.07, 6.45) is -6.03. The maximum Gasteiger partial charge on any atom is 0.426 e. The van der Waals surface area contributed by atoms with Crippen LogP contribution in [0.1, 0.15) is 32.1 Å². The van der Waals surface area contributed by atoms with Gasteiger partial charge in [0.1, 0.15) is 11.5 Å². The summed E-state index contributed by atoms with van der Waals surface area (Å²) in [5.41, 5.74) is -1.15. The number of ether oxygens (including phenoxy) is 1. The molecule has 4 fully saturated rings. The summed E-state index contributed by atoms with van der Waals surface area (Å²) in [6.45, 7) is 0. The molecule has 4 rings (SSSR count). The second kappa shape index (κ2) is 5.42. The van der Waals surface area contributed by atoms with E-state index in [4.69, 9.17) is 4.55 Å². The number of alkyl halides is 3. The van der Waals surface area contributed by atoms with Crippen LogP contribution in [0.2, 0.25) is 0 Å². The van der Waals surface area contributed by atoms with Crippen molar-refractivity contribution in [1.82, 2.24) is 0 Å². The maximum absolute atomic E-state index is 12.9. The lowest BCUT2D eigenvalue weighted by molar-refractivity contribution is -0.226. The van der Waals surface area contributed by atoms with Crippen molar-refractivity contribution in [3.8, 4) is 0 Å². The molecular formula is C14H17F3O6S. The van der Waals surface area contributed by atoms with E-state index >= 15 is 0 Å². The van der Waals surface area contributed by atoms with Crippen molar-refractivity contribution in [2.24, 2.45) is 23.2 Å². The first-order valence-corrected chi connectivity index (χ1v) is 9.27. The molecular weight excluding hydrogens is 353 g/mol. The number of hydrogen-bond acceptors (Lipinski definition) is 5. The zero-order valence-electron chi connectivity index (χ0n) is 12.6. The van der Waals surface area contributed by atoms with Gasteiger partial charge in [0, 0.05) is 11.8 Å². The van der Waals surface area contributed by atoms with Crippen LogP contribution in [0.4, 0.5) is 13.2 Å². The van der Waals surface area contributed by atoms with Gasteiger partial charge in [-0.05, 0) is 38.0 Å². The number of ketones is 1. The van der Waals surface area contributed by atoms with Gasteiger partial charge in [0.15, 0.2) is 0 Å². The Morgan fingerprint density at radius 2 is 1.79 bits per heavy atom. The summed E-state index contributed by atoms with van der Waals surface area (Å²) in [7, 11) is -4.97. The molecule has 0 aromatic rings. The van der Waals surface area contributed by atoms with Crippen LogP contribution in [-0.4, -0.2) is 42.8 Å².